The molecule has 0 bridgehead atoms. The zero-order valence-corrected chi connectivity index (χ0v) is 15.0. The maximum absolute atomic E-state index is 11.6. The van der Waals surface area contributed by atoms with Crippen LogP contribution in [0.2, 0.25) is 5.02 Å². The Hall–Kier alpha value is -2.28. The third-order valence-electron chi connectivity index (χ3n) is 3.28. The standard InChI is InChI=1S/C17H22ClNO6/c1-3-12(2)16(21)23-11-24-17(22)19-10-4-5-15(20)25-14-8-6-13(18)7-9-14/h6-9,12H,3-5,10-11H2,1-2H3,(H,19,22). The van der Waals surface area contributed by atoms with Gasteiger partial charge in [0.1, 0.15) is 5.75 Å². The molecule has 0 aromatic heterocycles. The lowest BCUT2D eigenvalue weighted by Gasteiger charge is -2.10. The molecule has 0 radical (unpaired) electrons. The van der Waals surface area contributed by atoms with Gasteiger partial charge in [-0.15, -0.1) is 0 Å². The van der Waals surface area contributed by atoms with E-state index in [0.29, 0.717) is 23.6 Å². The van der Waals surface area contributed by atoms with Gasteiger partial charge in [0.25, 0.3) is 0 Å². The largest absolute Gasteiger partial charge is 0.428 e. The minimum atomic E-state index is -0.719. The lowest BCUT2D eigenvalue weighted by atomic mass is 10.1. The van der Waals surface area contributed by atoms with Crippen molar-refractivity contribution in [1.82, 2.24) is 5.32 Å². The monoisotopic (exact) mass is 371 g/mol. The first-order chi connectivity index (χ1) is 11.9. The number of nitrogens with one attached hydrogen (secondary N) is 1. The molecule has 0 saturated carbocycles. The summed E-state index contributed by atoms with van der Waals surface area (Å²) >= 11 is 5.74. The normalized spacial score (nSPS) is 11.3. The maximum Gasteiger partial charge on any atom is 0.410 e. The molecule has 138 valence electrons. The van der Waals surface area contributed by atoms with Crippen LogP contribution in [0.4, 0.5) is 4.79 Å². The summed E-state index contributed by atoms with van der Waals surface area (Å²) < 4.78 is 14.6. The molecular weight excluding hydrogens is 350 g/mol. The van der Waals surface area contributed by atoms with E-state index in [2.05, 4.69) is 5.32 Å². The van der Waals surface area contributed by atoms with Crippen LogP contribution in [-0.2, 0) is 19.1 Å². The van der Waals surface area contributed by atoms with E-state index in [9.17, 15) is 14.4 Å². The minimum absolute atomic E-state index is 0.131. The number of alkyl carbamates (subject to hydrolysis) is 1. The molecule has 0 saturated heterocycles. The number of hydrogen-bond acceptors (Lipinski definition) is 6. The van der Waals surface area contributed by atoms with Crippen molar-refractivity contribution in [1.29, 1.82) is 0 Å². The van der Waals surface area contributed by atoms with Crippen LogP contribution < -0.4 is 10.1 Å². The summed E-state index contributed by atoms with van der Waals surface area (Å²) in [6, 6.07) is 6.43. The average molecular weight is 372 g/mol. The fraction of sp³-hybridized carbons (Fsp3) is 0.471. The van der Waals surface area contributed by atoms with Gasteiger partial charge < -0.3 is 19.5 Å². The van der Waals surface area contributed by atoms with E-state index in [-0.39, 0.29) is 18.9 Å². The molecule has 1 atom stereocenters. The van der Waals surface area contributed by atoms with Gasteiger partial charge in [-0.25, -0.2) is 4.79 Å². The van der Waals surface area contributed by atoms with Crippen LogP contribution in [0.3, 0.4) is 0 Å². The number of ether oxygens (including phenoxy) is 3. The number of carbonyl (C=O) groups is 3. The molecule has 8 heteroatoms. The molecule has 1 aromatic carbocycles. The van der Waals surface area contributed by atoms with Gasteiger partial charge in [-0.1, -0.05) is 25.4 Å². The molecule has 0 heterocycles. The van der Waals surface area contributed by atoms with Crippen molar-refractivity contribution in [2.45, 2.75) is 33.1 Å². The van der Waals surface area contributed by atoms with E-state index in [4.69, 9.17) is 25.8 Å². The molecule has 1 rings (SSSR count). The molecule has 1 N–H and O–H groups in total. The minimum Gasteiger partial charge on any atom is -0.428 e. The Morgan fingerprint density at radius 1 is 1.16 bits per heavy atom. The number of rotatable bonds is 9. The summed E-state index contributed by atoms with van der Waals surface area (Å²) in [5.74, 6) is -0.663. The van der Waals surface area contributed by atoms with Crippen molar-refractivity contribution < 1.29 is 28.6 Å². The number of halogens is 1. The van der Waals surface area contributed by atoms with E-state index in [1.807, 2.05) is 6.92 Å². The molecule has 0 fully saturated rings. The summed E-state index contributed by atoms with van der Waals surface area (Å²) in [5, 5.41) is 3.00. The molecule has 25 heavy (non-hydrogen) atoms. The van der Waals surface area contributed by atoms with Crippen LogP contribution in [0.5, 0.6) is 5.75 Å². The zero-order chi connectivity index (χ0) is 18.7. The van der Waals surface area contributed by atoms with Crippen LogP contribution in [0.25, 0.3) is 0 Å². The SMILES string of the molecule is CCC(C)C(=O)OCOC(=O)NCCCC(=O)Oc1ccc(Cl)cc1. The first-order valence-electron chi connectivity index (χ1n) is 7.96. The lowest BCUT2D eigenvalue weighted by molar-refractivity contribution is -0.156. The Morgan fingerprint density at radius 2 is 1.84 bits per heavy atom. The summed E-state index contributed by atoms with van der Waals surface area (Å²) in [6.07, 6.45) is 0.444. The molecule has 0 aliphatic carbocycles. The number of amides is 1. The average Bonchev–Trinajstić information content (AvgIpc) is 2.60. The smallest absolute Gasteiger partial charge is 0.410 e. The van der Waals surface area contributed by atoms with Crippen LogP contribution in [0.15, 0.2) is 24.3 Å². The summed E-state index contributed by atoms with van der Waals surface area (Å²) in [4.78, 5) is 34.4. The van der Waals surface area contributed by atoms with Gasteiger partial charge in [-0.05, 0) is 37.1 Å². The van der Waals surface area contributed by atoms with Crippen molar-refractivity contribution in [2.75, 3.05) is 13.3 Å². The first kappa shape index (κ1) is 20.8. The maximum atomic E-state index is 11.6. The number of esters is 2. The van der Waals surface area contributed by atoms with Crippen LogP contribution >= 0.6 is 11.6 Å². The second kappa shape index (κ2) is 11.3. The van der Waals surface area contributed by atoms with Crippen molar-refractivity contribution in [3.63, 3.8) is 0 Å². The first-order valence-corrected chi connectivity index (χ1v) is 8.33. The quantitative estimate of drug-likeness (QED) is 0.310. The number of carbonyl (C=O) groups excluding carboxylic acids is 3. The Kier molecular flexibility index (Phi) is 9.39. The molecule has 1 unspecified atom stereocenters. The third-order valence-corrected chi connectivity index (χ3v) is 3.53. The molecule has 0 aliphatic heterocycles. The van der Waals surface area contributed by atoms with Crippen LogP contribution in [-0.4, -0.2) is 31.4 Å². The number of hydrogen-bond donors (Lipinski definition) is 1. The molecule has 7 nitrogen and oxygen atoms in total. The second-order valence-electron chi connectivity index (χ2n) is 5.28. The highest BCUT2D eigenvalue weighted by Crippen LogP contribution is 2.16. The van der Waals surface area contributed by atoms with Crippen LogP contribution in [0, 0.1) is 5.92 Å². The van der Waals surface area contributed by atoms with Crippen LogP contribution in [0.1, 0.15) is 33.1 Å². The molecule has 1 aromatic rings. The molecule has 1 amide bonds. The second-order valence-corrected chi connectivity index (χ2v) is 5.72. The third kappa shape index (κ3) is 8.95. The fourth-order valence-corrected chi connectivity index (χ4v) is 1.74. The highest BCUT2D eigenvalue weighted by molar-refractivity contribution is 6.30. The molecule has 0 aliphatic rings. The Balaban J connectivity index is 2.10. The van der Waals surface area contributed by atoms with Crippen molar-refractivity contribution in [3.05, 3.63) is 29.3 Å². The number of benzene rings is 1. The van der Waals surface area contributed by atoms with E-state index < -0.39 is 24.8 Å². The molecular formula is C17H22ClNO6. The van der Waals surface area contributed by atoms with Gasteiger partial charge in [-0.3, -0.25) is 9.59 Å². The van der Waals surface area contributed by atoms with Crippen molar-refractivity contribution >= 4 is 29.6 Å². The van der Waals surface area contributed by atoms with E-state index in [0.717, 1.165) is 0 Å². The predicted octanol–water partition coefficient (Wildman–Crippen LogP) is 3.30. The van der Waals surface area contributed by atoms with Gasteiger partial charge >= 0.3 is 18.0 Å². The van der Waals surface area contributed by atoms with E-state index in [1.165, 1.54) is 0 Å². The Morgan fingerprint density at radius 3 is 2.48 bits per heavy atom. The van der Waals surface area contributed by atoms with Gasteiger partial charge in [0.15, 0.2) is 0 Å². The summed E-state index contributed by atoms with van der Waals surface area (Å²) in [6.45, 7) is 3.38. The van der Waals surface area contributed by atoms with Gasteiger partial charge in [0.2, 0.25) is 6.79 Å². The highest BCUT2D eigenvalue weighted by atomic mass is 35.5. The van der Waals surface area contributed by atoms with Gasteiger partial charge in [0, 0.05) is 18.0 Å². The Labute approximate surface area is 151 Å². The van der Waals surface area contributed by atoms with Gasteiger partial charge in [-0.2, -0.15) is 0 Å². The fourth-order valence-electron chi connectivity index (χ4n) is 1.61. The topological polar surface area (TPSA) is 90.9 Å². The van der Waals surface area contributed by atoms with Crippen molar-refractivity contribution in [3.8, 4) is 5.75 Å². The molecule has 0 spiro atoms. The summed E-state index contributed by atoms with van der Waals surface area (Å²) in [5.41, 5.74) is 0. The highest BCUT2D eigenvalue weighted by Gasteiger charge is 2.12. The van der Waals surface area contributed by atoms with Gasteiger partial charge in [0.05, 0.1) is 5.92 Å². The van der Waals surface area contributed by atoms with E-state index >= 15 is 0 Å². The lowest BCUT2D eigenvalue weighted by Crippen LogP contribution is -2.28. The summed E-state index contributed by atoms with van der Waals surface area (Å²) in [7, 11) is 0. The van der Waals surface area contributed by atoms with E-state index in [1.54, 1.807) is 31.2 Å². The predicted molar refractivity (Wildman–Crippen MR) is 91.2 cm³/mol. The Bertz CT molecular complexity index is 575. The zero-order valence-electron chi connectivity index (χ0n) is 14.2. The van der Waals surface area contributed by atoms with Crippen molar-refractivity contribution in [2.24, 2.45) is 5.92 Å².